The molecule has 0 aromatic heterocycles. The molecule has 1 aliphatic rings. The van der Waals surface area contributed by atoms with Crippen LogP contribution in [0.25, 0.3) is 0 Å². The molecular weight excluding hydrogens is 148 g/mol. The molecule has 0 aromatic carbocycles. The summed E-state index contributed by atoms with van der Waals surface area (Å²) in [5.74, 6) is -0.295. The Labute approximate surface area is 64.3 Å². The van der Waals surface area contributed by atoms with Gasteiger partial charge in [0.05, 0.1) is 6.54 Å². The number of hydrogen-bond acceptors (Lipinski definition) is 3. The van der Waals surface area contributed by atoms with Gasteiger partial charge in [0, 0.05) is 14.2 Å². The number of ether oxygens (including phenoxy) is 1. The molecule has 1 saturated heterocycles. The molecule has 62 valence electrons. The van der Waals surface area contributed by atoms with Crippen LogP contribution in [-0.2, 0) is 9.53 Å². The Balaban J connectivity index is 2.67. The second kappa shape index (κ2) is 2.87. The summed E-state index contributed by atoms with van der Waals surface area (Å²) >= 11 is 0. The highest BCUT2D eigenvalue weighted by atomic mass is 16.5. The predicted octanol–water partition coefficient (Wildman–Crippen LogP) is -0.817. The van der Waals surface area contributed by atoms with Crippen molar-refractivity contribution in [3.05, 3.63) is 0 Å². The second-order valence-electron chi connectivity index (χ2n) is 2.31. The number of rotatable bonds is 1. The molecule has 1 heterocycles. The third kappa shape index (κ3) is 1.32. The van der Waals surface area contributed by atoms with Gasteiger partial charge in [-0.1, -0.05) is 0 Å². The van der Waals surface area contributed by atoms with E-state index in [4.69, 9.17) is 4.74 Å². The van der Waals surface area contributed by atoms with Crippen molar-refractivity contribution in [1.29, 1.82) is 0 Å². The Morgan fingerprint density at radius 2 is 2.27 bits per heavy atom. The summed E-state index contributed by atoms with van der Waals surface area (Å²) in [5, 5.41) is 2.50. The Morgan fingerprint density at radius 3 is 2.82 bits per heavy atom. The Hall–Kier alpha value is -1.10. The van der Waals surface area contributed by atoms with Crippen LogP contribution in [0.2, 0.25) is 0 Å². The van der Waals surface area contributed by atoms with Crippen molar-refractivity contribution in [2.75, 3.05) is 20.7 Å². The van der Waals surface area contributed by atoms with E-state index in [-0.39, 0.29) is 18.5 Å². The lowest BCUT2D eigenvalue weighted by Crippen LogP contribution is -2.56. The second-order valence-corrected chi connectivity index (χ2v) is 2.31. The molecule has 1 aliphatic heterocycles. The SMILES string of the molecule is COC1CNC(=O)N(C)C1=O. The van der Waals surface area contributed by atoms with Crippen LogP contribution in [0.5, 0.6) is 0 Å². The number of methoxy groups -OCH3 is 1. The summed E-state index contributed by atoms with van der Waals surface area (Å²) < 4.78 is 4.82. The first-order chi connectivity index (χ1) is 5.16. The van der Waals surface area contributed by atoms with E-state index in [1.54, 1.807) is 0 Å². The standard InChI is InChI=1S/C6H10N2O3/c1-8-5(9)4(11-2)3-7-6(8)10/h4H,3H2,1-2H3,(H,7,10). The fourth-order valence-electron chi connectivity index (χ4n) is 0.886. The van der Waals surface area contributed by atoms with Gasteiger partial charge in [-0.25, -0.2) is 4.79 Å². The number of nitrogens with zero attached hydrogens (tertiary/aromatic N) is 1. The van der Waals surface area contributed by atoms with Gasteiger partial charge >= 0.3 is 6.03 Å². The number of urea groups is 1. The average Bonchev–Trinajstić information content (AvgIpc) is 2.01. The fourth-order valence-corrected chi connectivity index (χ4v) is 0.886. The van der Waals surface area contributed by atoms with Crippen LogP contribution in [0.1, 0.15) is 0 Å². The molecule has 5 heteroatoms. The molecular formula is C6H10N2O3. The van der Waals surface area contributed by atoms with Crippen LogP contribution >= 0.6 is 0 Å². The maximum atomic E-state index is 11.1. The van der Waals surface area contributed by atoms with E-state index in [0.29, 0.717) is 0 Å². The maximum absolute atomic E-state index is 11.1. The lowest BCUT2D eigenvalue weighted by molar-refractivity contribution is -0.139. The minimum Gasteiger partial charge on any atom is -0.370 e. The van der Waals surface area contributed by atoms with Gasteiger partial charge in [-0.2, -0.15) is 0 Å². The minimum absolute atomic E-state index is 0.262. The Bertz CT molecular complexity index is 192. The highest BCUT2D eigenvalue weighted by molar-refractivity contribution is 5.98. The van der Waals surface area contributed by atoms with Gasteiger partial charge in [0.2, 0.25) is 0 Å². The van der Waals surface area contributed by atoms with Crippen molar-refractivity contribution in [3.8, 4) is 0 Å². The molecule has 1 atom stereocenters. The summed E-state index contributed by atoms with van der Waals surface area (Å²) in [5.41, 5.74) is 0. The van der Waals surface area contributed by atoms with E-state index < -0.39 is 6.10 Å². The molecule has 3 amide bonds. The molecule has 0 spiro atoms. The van der Waals surface area contributed by atoms with Crippen LogP contribution < -0.4 is 5.32 Å². The highest BCUT2D eigenvalue weighted by Crippen LogP contribution is 2.01. The molecule has 0 aliphatic carbocycles. The fraction of sp³-hybridized carbons (Fsp3) is 0.667. The Kier molecular flexibility index (Phi) is 2.09. The van der Waals surface area contributed by atoms with E-state index in [1.165, 1.54) is 14.2 Å². The first kappa shape index (κ1) is 8.00. The molecule has 0 radical (unpaired) electrons. The van der Waals surface area contributed by atoms with Crippen molar-refractivity contribution < 1.29 is 14.3 Å². The van der Waals surface area contributed by atoms with E-state index in [1.807, 2.05) is 0 Å². The van der Waals surface area contributed by atoms with Crippen molar-refractivity contribution in [2.45, 2.75) is 6.10 Å². The van der Waals surface area contributed by atoms with Gasteiger partial charge < -0.3 is 10.1 Å². The van der Waals surface area contributed by atoms with Crippen LogP contribution in [0, 0.1) is 0 Å². The summed E-state index contributed by atoms with van der Waals surface area (Å²) in [6.45, 7) is 0.262. The zero-order valence-corrected chi connectivity index (χ0v) is 6.46. The first-order valence-electron chi connectivity index (χ1n) is 3.25. The van der Waals surface area contributed by atoms with Crippen LogP contribution in [0.3, 0.4) is 0 Å². The summed E-state index contributed by atoms with van der Waals surface area (Å²) in [7, 11) is 2.86. The zero-order chi connectivity index (χ0) is 8.43. The first-order valence-corrected chi connectivity index (χ1v) is 3.25. The molecule has 11 heavy (non-hydrogen) atoms. The molecule has 0 bridgehead atoms. The van der Waals surface area contributed by atoms with Gasteiger partial charge in [0.25, 0.3) is 5.91 Å². The normalized spacial score (nSPS) is 25.3. The van der Waals surface area contributed by atoms with Crippen molar-refractivity contribution >= 4 is 11.9 Å². The number of amides is 3. The molecule has 1 N–H and O–H groups in total. The van der Waals surface area contributed by atoms with Gasteiger partial charge in [-0.05, 0) is 0 Å². The van der Waals surface area contributed by atoms with E-state index in [9.17, 15) is 9.59 Å². The Morgan fingerprint density at radius 1 is 1.64 bits per heavy atom. The van der Waals surface area contributed by atoms with Gasteiger partial charge in [0.15, 0.2) is 6.10 Å². The topological polar surface area (TPSA) is 58.6 Å². The van der Waals surface area contributed by atoms with Gasteiger partial charge in [-0.3, -0.25) is 9.69 Å². The van der Waals surface area contributed by atoms with Crippen LogP contribution in [-0.4, -0.2) is 43.6 Å². The number of carbonyl (C=O) groups is 2. The van der Waals surface area contributed by atoms with Gasteiger partial charge in [0.1, 0.15) is 0 Å². The number of carbonyl (C=O) groups excluding carboxylic acids is 2. The minimum atomic E-state index is -0.530. The summed E-state index contributed by atoms with van der Waals surface area (Å²) in [6, 6.07) is -0.372. The lowest BCUT2D eigenvalue weighted by Gasteiger charge is -2.27. The molecule has 0 aromatic rings. The van der Waals surface area contributed by atoms with Crippen molar-refractivity contribution in [2.24, 2.45) is 0 Å². The molecule has 5 nitrogen and oxygen atoms in total. The van der Waals surface area contributed by atoms with Crippen LogP contribution in [0.4, 0.5) is 4.79 Å². The highest BCUT2D eigenvalue weighted by Gasteiger charge is 2.30. The monoisotopic (exact) mass is 158 g/mol. The number of nitrogens with one attached hydrogen (secondary N) is 1. The number of hydrogen-bond donors (Lipinski definition) is 1. The quantitative estimate of drug-likeness (QED) is 0.542. The average molecular weight is 158 g/mol. The number of imide groups is 1. The maximum Gasteiger partial charge on any atom is 0.324 e. The molecule has 1 rings (SSSR count). The van der Waals surface area contributed by atoms with Crippen molar-refractivity contribution in [1.82, 2.24) is 10.2 Å². The van der Waals surface area contributed by atoms with Gasteiger partial charge in [-0.15, -0.1) is 0 Å². The third-order valence-electron chi connectivity index (χ3n) is 1.63. The van der Waals surface area contributed by atoms with Crippen LogP contribution in [0.15, 0.2) is 0 Å². The lowest BCUT2D eigenvalue weighted by atomic mass is 10.2. The zero-order valence-electron chi connectivity index (χ0n) is 6.46. The molecule has 1 fully saturated rings. The van der Waals surface area contributed by atoms with E-state index in [2.05, 4.69) is 5.32 Å². The number of likely N-dealkylation sites (N-methyl/N-ethyl adjacent to an activating group) is 1. The summed E-state index contributed by atoms with van der Waals surface area (Å²) in [6.07, 6.45) is -0.530. The van der Waals surface area contributed by atoms with Crippen molar-refractivity contribution in [3.63, 3.8) is 0 Å². The smallest absolute Gasteiger partial charge is 0.324 e. The third-order valence-corrected chi connectivity index (χ3v) is 1.63. The summed E-state index contributed by atoms with van der Waals surface area (Å²) in [4.78, 5) is 22.9. The van der Waals surface area contributed by atoms with E-state index in [0.717, 1.165) is 4.90 Å². The van der Waals surface area contributed by atoms with E-state index >= 15 is 0 Å². The largest absolute Gasteiger partial charge is 0.370 e. The predicted molar refractivity (Wildman–Crippen MR) is 37.0 cm³/mol. The molecule has 1 unspecified atom stereocenters. The molecule has 0 saturated carbocycles.